The van der Waals surface area contributed by atoms with E-state index in [-0.39, 0.29) is 0 Å². The number of allylic oxidation sites excluding steroid dienone is 1. The van der Waals surface area contributed by atoms with Crippen molar-refractivity contribution in [2.24, 2.45) is 11.8 Å². The zero-order valence-electron chi connectivity index (χ0n) is 9.64. The summed E-state index contributed by atoms with van der Waals surface area (Å²) in [5, 5.41) is 3.54. The fraction of sp³-hybridized carbons (Fsp3) is 0.833. The molecule has 1 heteroatoms. The van der Waals surface area contributed by atoms with Crippen LogP contribution in [0.25, 0.3) is 0 Å². The third-order valence-electron chi connectivity index (χ3n) is 2.78. The normalized spacial score (nSPS) is 23.6. The first-order valence-corrected chi connectivity index (χ1v) is 5.43. The summed E-state index contributed by atoms with van der Waals surface area (Å²) < 4.78 is 0. The standard InChI is InChI=1S/C9H19N.C3H6/c1-7(2)8(3)9-5-4-6-10-9;1-3-2/h7-10H,4-6H2,1-3H3;3H,1H2,2H3. The molecule has 1 heterocycles. The number of hydrogen-bond acceptors (Lipinski definition) is 1. The van der Waals surface area contributed by atoms with E-state index < -0.39 is 0 Å². The van der Waals surface area contributed by atoms with Crippen molar-refractivity contribution < 1.29 is 0 Å². The van der Waals surface area contributed by atoms with E-state index in [0.717, 1.165) is 17.9 Å². The molecule has 78 valence electrons. The summed E-state index contributed by atoms with van der Waals surface area (Å²) in [6, 6.07) is 0.806. The van der Waals surface area contributed by atoms with Crippen molar-refractivity contribution >= 4 is 0 Å². The van der Waals surface area contributed by atoms with Gasteiger partial charge in [0, 0.05) is 6.04 Å². The molecule has 0 bridgehead atoms. The van der Waals surface area contributed by atoms with E-state index in [0.29, 0.717) is 0 Å². The molecule has 13 heavy (non-hydrogen) atoms. The minimum atomic E-state index is 0.806. The van der Waals surface area contributed by atoms with Crippen LogP contribution in [0.4, 0.5) is 0 Å². The molecule has 2 atom stereocenters. The third kappa shape index (κ3) is 5.09. The Morgan fingerprint density at radius 3 is 2.23 bits per heavy atom. The van der Waals surface area contributed by atoms with Crippen molar-refractivity contribution in [3.8, 4) is 0 Å². The molecule has 1 saturated heterocycles. The minimum absolute atomic E-state index is 0.806. The second-order valence-electron chi connectivity index (χ2n) is 4.21. The first-order valence-electron chi connectivity index (χ1n) is 5.43. The Kier molecular flexibility index (Phi) is 6.97. The molecule has 0 aromatic heterocycles. The van der Waals surface area contributed by atoms with E-state index in [9.17, 15) is 0 Å². The predicted molar refractivity (Wildman–Crippen MR) is 60.9 cm³/mol. The minimum Gasteiger partial charge on any atom is -0.314 e. The lowest BCUT2D eigenvalue weighted by Crippen LogP contribution is -2.31. The van der Waals surface area contributed by atoms with E-state index >= 15 is 0 Å². The highest BCUT2D eigenvalue weighted by molar-refractivity contribution is 4.80. The lowest BCUT2D eigenvalue weighted by atomic mass is 9.90. The Hall–Kier alpha value is -0.300. The number of hydrogen-bond donors (Lipinski definition) is 1. The largest absolute Gasteiger partial charge is 0.314 e. The van der Waals surface area contributed by atoms with E-state index in [4.69, 9.17) is 0 Å². The summed E-state index contributed by atoms with van der Waals surface area (Å²) in [4.78, 5) is 0. The molecule has 2 unspecified atom stereocenters. The van der Waals surface area contributed by atoms with Gasteiger partial charge in [-0.2, -0.15) is 0 Å². The molecule has 1 aliphatic heterocycles. The van der Waals surface area contributed by atoms with E-state index in [1.54, 1.807) is 6.08 Å². The molecular formula is C12H25N. The van der Waals surface area contributed by atoms with Gasteiger partial charge in [-0.1, -0.05) is 26.8 Å². The van der Waals surface area contributed by atoms with Gasteiger partial charge in [-0.3, -0.25) is 0 Å². The smallest absolute Gasteiger partial charge is 0.00956 e. The molecule has 0 aliphatic carbocycles. The maximum atomic E-state index is 3.54. The van der Waals surface area contributed by atoms with Crippen LogP contribution >= 0.6 is 0 Å². The molecule has 0 radical (unpaired) electrons. The molecular weight excluding hydrogens is 158 g/mol. The van der Waals surface area contributed by atoms with E-state index in [1.807, 2.05) is 6.92 Å². The quantitative estimate of drug-likeness (QED) is 0.648. The summed E-state index contributed by atoms with van der Waals surface area (Å²) in [5.74, 6) is 1.68. The second kappa shape index (κ2) is 7.14. The maximum absolute atomic E-state index is 3.54. The molecule has 0 saturated carbocycles. The zero-order valence-corrected chi connectivity index (χ0v) is 9.64. The van der Waals surface area contributed by atoms with Gasteiger partial charge >= 0.3 is 0 Å². The van der Waals surface area contributed by atoms with Crippen LogP contribution in [0, 0.1) is 11.8 Å². The molecule has 0 aromatic rings. The van der Waals surface area contributed by atoms with Gasteiger partial charge in [0.15, 0.2) is 0 Å². The summed E-state index contributed by atoms with van der Waals surface area (Å²) >= 11 is 0. The van der Waals surface area contributed by atoms with Crippen LogP contribution in [0.2, 0.25) is 0 Å². The summed E-state index contributed by atoms with van der Waals surface area (Å²) in [7, 11) is 0. The monoisotopic (exact) mass is 183 g/mol. The Balaban J connectivity index is 0.000000424. The molecule has 1 aliphatic rings. The van der Waals surface area contributed by atoms with Gasteiger partial charge in [-0.25, -0.2) is 0 Å². The van der Waals surface area contributed by atoms with E-state index in [2.05, 4.69) is 32.7 Å². The summed E-state index contributed by atoms with van der Waals surface area (Å²) in [5.41, 5.74) is 0. The van der Waals surface area contributed by atoms with Crippen molar-refractivity contribution in [3.05, 3.63) is 12.7 Å². The average Bonchev–Trinajstić information content (AvgIpc) is 2.56. The van der Waals surface area contributed by atoms with Crippen molar-refractivity contribution in [1.82, 2.24) is 5.32 Å². The fourth-order valence-electron chi connectivity index (χ4n) is 1.62. The molecule has 1 nitrogen and oxygen atoms in total. The van der Waals surface area contributed by atoms with Gasteiger partial charge in [0.2, 0.25) is 0 Å². The Bertz CT molecular complexity index is 123. The van der Waals surface area contributed by atoms with Crippen LogP contribution in [0.5, 0.6) is 0 Å². The summed E-state index contributed by atoms with van der Waals surface area (Å²) in [6.45, 7) is 13.5. The van der Waals surface area contributed by atoms with Gasteiger partial charge in [-0.15, -0.1) is 6.58 Å². The third-order valence-corrected chi connectivity index (χ3v) is 2.78. The molecule has 0 spiro atoms. The van der Waals surface area contributed by atoms with Crippen LogP contribution < -0.4 is 5.32 Å². The van der Waals surface area contributed by atoms with Crippen molar-refractivity contribution in [2.45, 2.75) is 46.6 Å². The summed E-state index contributed by atoms with van der Waals surface area (Å²) in [6.07, 6.45) is 4.51. The number of rotatable bonds is 2. The Labute approximate surface area is 83.6 Å². The molecule has 1 rings (SSSR count). The molecule has 0 aromatic carbocycles. The Morgan fingerprint density at radius 2 is 1.92 bits per heavy atom. The fourth-order valence-corrected chi connectivity index (χ4v) is 1.62. The first kappa shape index (κ1) is 12.7. The van der Waals surface area contributed by atoms with E-state index in [1.165, 1.54) is 19.4 Å². The number of nitrogens with one attached hydrogen (secondary N) is 1. The van der Waals surface area contributed by atoms with Crippen LogP contribution in [0.1, 0.15) is 40.5 Å². The van der Waals surface area contributed by atoms with Crippen LogP contribution in [-0.2, 0) is 0 Å². The molecule has 1 fully saturated rings. The first-order chi connectivity index (χ1) is 6.13. The SMILES string of the molecule is C=CC.CC(C)C(C)C1CCCN1. The van der Waals surface area contributed by atoms with Crippen molar-refractivity contribution in [2.75, 3.05) is 6.54 Å². The Morgan fingerprint density at radius 1 is 1.38 bits per heavy atom. The molecule has 1 N–H and O–H groups in total. The van der Waals surface area contributed by atoms with Gasteiger partial charge in [0.1, 0.15) is 0 Å². The van der Waals surface area contributed by atoms with Gasteiger partial charge in [-0.05, 0) is 38.1 Å². The predicted octanol–water partition coefficient (Wildman–Crippen LogP) is 3.22. The topological polar surface area (TPSA) is 12.0 Å². The highest BCUT2D eigenvalue weighted by Crippen LogP contribution is 2.20. The highest BCUT2D eigenvalue weighted by Gasteiger charge is 2.22. The lowest BCUT2D eigenvalue weighted by molar-refractivity contribution is 0.324. The highest BCUT2D eigenvalue weighted by atomic mass is 14.9. The lowest BCUT2D eigenvalue weighted by Gasteiger charge is -2.22. The van der Waals surface area contributed by atoms with Crippen LogP contribution in [0.3, 0.4) is 0 Å². The maximum Gasteiger partial charge on any atom is 0.00956 e. The van der Waals surface area contributed by atoms with Gasteiger partial charge in [0.25, 0.3) is 0 Å². The van der Waals surface area contributed by atoms with Gasteiger partial charge < -0.3 is 5.32 Å². The average molecular weight is 183 g/mol. The molecule has 0 amide bonds. The van der Waals surface area contributed by atoms with Crippen LogP contribution in [-0.4, -0.2) is 12.6 Å². The zero-order chi connectivity index (χ0) is 10.3. The van der Waals surface area contributed by atoms with Crippen LogP contribution in [0.15, 0.2) is 12.7 Å². The van der Waals surface area contributed by atoms with Crippen molar-refractivity contribution in [1.29, 1.82) is 0 Å². The van der Waals surface area contributed by atoms with Gasteiger partial charge in [0.05, 0.1) is 0 Å². The van der Waals surface area contributed by atoms with Crippen molar-refractivity contribution in [3.63, 3.8) is 0 Å². The second-order valence-corrected chi connectivity index (χ2v) is 4.21.